The molecule has 4 aromatic rings. The molecule has 1 aliphatic carbocycles. The van der Waals surface area contributed by atoms with Gasteiger partial charge in [0.1, 0.15) is 0 Å². The second-order valence-electron chi connectivity index (χ2n) is 10.3. The molecule has 188 valence electrons. The van der Waals surface area contributed by atoms with Gasteiger partial charge in [-0.2, -0.15) is 0 Å². The first kappa shape index (κ1) is 24.7. The molecule has 0 aliphatic heterocycles. The fraction of sp³-hybridized carbons (Fsp3) is 0.400. The smallest absolute Gasteiger partial charge is 0.166 e. The van der Waals surface area contributed by atoms with E-state index in [4.69, 9.17) is 0 Å². The van der Waals surface area contributed by atoms with Crippen molar-refractivity contribution in [1.82, 2.24) is 9.97 Å². The number of halogens is 4. The van der Waals surface area contributed by atoms with Crippen molar-refractivity contribution in [2.45, 2.75) is 70.6 Å². The Labute approximate surface area is 208 Å². The van der Waals surface area contributed by atoms with E-state index in [9.17, 15) is 0 Å². The summed E-state index contributed by atoms with van der Waals surface area (Å²) in [6, 6.07) is 9.63. The van der Waals surface area contributed by atoms with E-state index in [1.807, 2.05) is 37.3 Å². The van der Waals surface area contributed by atoms with E-state index < -0.39 is 45.2 Å². The monoisotopic (exact) mass is 494 g/mol. The molecule has 0 saturated heterocycles. The summed E-state index contributed by atoms with van der Waals surface area (Å²) in [5, 5.41) is 1.81. The van der Waals surface area contributed by atoms with Gasteiger partial charge < -0.3 is 0 Å². The molecule has 2 aromatic heterocycles. The Hall–Kier alpha value is -3.02. The topological polar surface area (TPSA) is 25.8 Å². The summed E-state index contributed by atoms with van der Waals surface area (Å²) in [4.78, 5) is 9.05. The molecule has 5 rings (SSSR count). The Bertz CT molecular complexity index is 1440. The number of rotatable bonds is 7. The summed E-state index contributed by atoms with van der Waals surface area (Å²) in [7, 11) is 0. The zero-order chi connectivity index (χ0) is 25.8. The van der Waals surface area contributed by atoms with E-state index in [-0.39, 0.29) is 12.3 Å². The minimum absolute atomic E-state index is 0.0208. The molecule has 2 atom stereocenters. The van der Waals surface area contributed by atoms with Crippen LogP contribution in [0.3, 0.4) is 0 Å². The highest BCUT2D eigenvalue weighted by atomic mass is 19.2. The van der Waals surface area contributed by atoms with Crippen molar-refractivity contribution in [1.29, 1.82) is 0 Å². The van der Waals surface area contributed by atoms with Crippen LogP contribution in [0.5, 0.6) is 0 Å². The second-order valence-corrected chi connectivity index (χ2v) is 10.3. The lowest BCUT2D eigenvalue weighted by molar-refractivity contribution is 0.324. The number of benzene rings is 2. The van der Waals surface area contributed by atoms with Crippen molar-refractivity contribution in [3.63, 3.8) is 0 Å². The normalized spacial score (nSPS) is 19.8. The van der Waals surface area contributed by atoms with Crippen LogP contribution in [-0.4, -0.2) is 9.97 Å². The molecule has 1 fully saturated rings. The lowest BCUT2D eigenvalue weighted by Crippen LogP contribution is -2.32. The van der Waals surface area contributed by atoms with Gasteiger partial charge >= 0.3 is 0 Å². The molecular formula is C30H30F4N2. The van der Waals surface area contributed by atoms with Crippen molar-refractivity contribution >= 4 is 21.8 Å². The molecule has 0 radical (unpaired) electrons. The maximum Gasteiger partial charge on any atom is 0.166 e. The minimum Gasteiger partial charge on any atom is -0.254 e. The first-order valence-corrected chi connectivity index (χ1v) is 12.7. The average molecular weight is 495 g/mol. The Morgan fingerprint density at radius 2 is 1.50 bits per heavy atom. The molecule has 0 bridgehead atoms. The molecular weight excluding hydrogens is 464 g/mol. The van der Waals surface area contributed by atoms with Gasteiger partial charge in [-0.15, -0.1) is 0 Å². The predicted octanol–water partition coefficient (Wildman–Crippen LogP) is 8.33. The van der Waals surface area contributed by atoms with Gasteiger partial charge in [-0.3, -0.25) is 9.97 Å². The molecule has 2 nitrogen and oxygen atoms in total. The third-order valence-corrected chi connectivity index (χ3v) is 8.75. The fourth-order valence-electron chi connectivity index (χ4n) is 6.25. The van der Waals surface area contributed by atoms with Gasteiger partial charge in [0.2, 0.25) is 0 Å². The van der Waals surface area contributed by atoms with Crippen LogP contribution in [0.4, 0.5) is 17.6 Å². The highest BCUT2D eigenvalue weighted by Crippen LogP contribution is 2.58. The van der Waals surface area contributed by atoms with Crippen LogP contribution < -0.4 is 0 Å². The lowest BCUT2D eigenvalue weighted by atomic mass is 9.70. The SMILES string of the molecule is CCC(CC)(Cc1cnc2c(ccc3cccnc32)c1)c1c(F)c(F)c(C2(CC)CC2C)c(F)c1F. The Morgan fingerprint density at radius 1 is 0.889 bits per heavy atom. The second kappa shape index (κ2) is 8.82. The number of nitrogens with zero attached hydrogens (tertiary/aromatic N) is 2. The molecule has 2 aromatic carbocycles. The molecule has 0 N–H and O–H groups in total. The van der Waals surface area contributed by atoms with E-state index in [2.05, 4.69) is 9.97 Å². The van der Waals surface area contributed by atoms with Gasteiger partial charge in [0.25, 0.3) is 0 Å². The highest BCUT2D eigenvalue weighted by Gasteiger charge is 2.55. The Balaban J connectivity index is 1.63. The molecule has 2 heterocycles. The van der Waals surface area contributed by atoms with Crippen LogP contribution in [0.2, 0.25) is 0 Å². The molecule has 2 unspecified atom stereocenters. The highest BCUT2D eigenvalue weighted by molar-refractivity contribution is 6.02. The summed E-state index contributed by atoms with van der Waals surface area (Å²) < 4.78 is 62.4. The van der Waals surface area contributed by atoms with E-state index >= 15 is 17.6 Å². The van der Waals surface area contributed by atoms with E-state index in [0.717, 1.165) is 27.4 Å². The van der Waals surface area contributed by atoms with Crippen LogP contribution in [0.15, 0.2) is 42.7 Å². The van der Waals surface area contributed by atoms with Gasteiger partial charge in [-0.05, 0) is 55.7 Å². The largest absolute Gasteiger partial charge is 0.254 e. The minimum atomic E-state index is -1.26. The van der Waals surface area contributed by atoms with Crippen LogP contribution in [-0.2, 0) is 17.3 Å². The Morgan fingerprint density at radius 3 is 2.08 bits per heavy atom. The van der Waals surface area contributed by atoms with Crippen molar-refractivity contribution in [2.75, 3.05) is 0 Å². The summed E-state index contributed by atoms with van der Waals surface area (Å²) in [6.07, 6.45) is 5.15. The van der Waals surface area contributed by atoms with Gasteiger partial charge in [0.15, 0.2) is 23.3 Å². The van der Waals surface area contributed by atoms with E-state index in [1.165, 1.54) is 0 Å². The Kier molecular flexibility index (Phi) is 6.05. The fourth-order valence-corrected chi connectivity index (χ4v) is 6.25. The molecule has 6 heteroatoms. The number of pyridine rings is 2. The van der Waals surface area contributed by atoms with Crippen LogP contribution >= 0.6 is 0 Å². The molecule has 0 amide bonds. The zero-order valence-electron chi connectivity index (χ0n) is 21.1. The van der Waals surface area contributed by atoms with Gasteiger partial charge in [0.05, 0.1) is 11.0 Å². The summed E-state index contributed by atoms with van der Waals surface area (Å²) >= 11 is 0. The molecule has 0 spiro atoms. The maximum atomic E-state index is 15.7. The maximum absolute atomic E-state index is 15.7. The third-order valence-electron chi connectivity index (χ3n) is 8.75. The number of hydrogen-bond donors (Lipinski definition) is 0. The molecule has 1 aliphatic rings. The summed E-state index contributed by atoms with van der Waals surface area (Å²) in [6.45, 7) is 7.27. The van der Waals surface area contributed by atoms with Crippen LogP contribution in [0.25, 0.3) is 21.8 Å². The number of aromatic nitrogens is 2. The number of hydrogen-bond acceptors (Lipinski definition) is 2. The van der Waals surface area contributed by atoms with Gasteiger partial charge in [-0.25, -0.2) is 17.6 Å². The summed E-state index contributed by atoms with van der Waals surface area (Å²) in [5.74, 6) is -5.02. The number of fused-ring (bicyclic) bond motifs is 3. The van der Waals surface area contributed by atoms with Crippen molar-refractivity contribution < 1.29 is 17.6 Å². The summed E-state index contributed by atoms with van der Waals surface area (Å²) in [5.41, 5.74) is -0.643. The average Bonchev–Trinajstić information content (AvgIpc) is 3.56. The zero-order valence-corrected chi connectivity index (χ0v) is 21.1. The van der Waals surface area contributed by atoms with Gasteiger partial charge in [0, 0.05) is 45.1 Å². The lowest BCUT2D eigenvalue weighted by Gasteiger charge is -2.34. The van der Waals surface area contributed by atoms with Crippen molar-refractivity contribution in [2.24, 2.45) is 5.92 Å². The standard InChI is InChI=1S/C30H30F4N2/c1-5-29(6-2,15-18-13-20-11-10-19-9-8-12-35-27(19)28(20)36-16-18)21-23(31)25(33)22(26(34)24(21)32)30(7-3)14-17(30)4/h8-13,16-17H,5-7,14-15H2,1-4H3. The van der Waals surface area contributed by atoms with Crippen LogP contribution in [0, 0.1) is 29.2 Å². The predicted molar refractivity (Wildman–Crippen MR) is 135 cm³/mol. The van der Waals surface area contributed by atoms with Gasteiger partial charge in [-0.1, -0.05) is 45.9 Å². The van der Waals surface area contributed by atoms with E-state index in [1.54, 1.807) is 33.2 Å². The first-order valence-electron chi connectivity index (χ1n) is 12.7. The molecule has 1 saturated carbocycles. The molecule has 36 heavy (non-hydrogen) atoms. The first-order chi connectivity index (χ1) is 17.2. The van der Waals surface area contributed by atoms with Crippen molar-refractivity contribution in [3.8, 4) is 0 Å². The van der Waals surface area contributed by atoms with Crippen LogP contribution in [0.1, 0.15) is 70.1 Å². The van der Waals surface area contributed by atoms with Crippen molar-refractivity contribution in [3.05, 3.63) is 82.7 Å². The van der Waals surface area contributed by atoms with E-state index in [0.29, 0.717) is 25.7 Å². The third kappa shape index (κ3) is 3.52. The quantitative estimate of drug-likeness (QED) is 0.147.